The highest BCUT2D eigenvalue weighted by atomic mass is 32.2. The van der Waals surface area contributed by atoms with E-state index in [1.807, 2.05) is 24.4 Å². The minimum Gasteiger partial charge on any atom is -0.391 e. The number of likely N-dealkylation sites (tertiary alicyclic amines) is 1. The quantitative estimate of drug-likeness (QED) is 0.802. The van der Waals surface area contributed by atoms with Crippen molar-refractivity contribution in [3.05, 3.63) is 29.2 Å². The number of β-amino-alcohol motifs (C(OH)–C–C–N with tert-alkyl or cyclic N) is 1. The molecule has 0 amide bonds. The van der Waals surface area contributed by atoms with Crippen molar-refractivity contribution in [3.63, 3.8) is 0 Å². The summed E-state index contributed by atoms with van der Waals surface area (Å²) in [6, 6.07) is 1.98. The zero-order chi connectivity index (χ0) is 18.4. The van der Waals surface area contributed by atoms with Crippen LogP contribution < -0.4 is 0 Å². The Morgan fingerprint density at radius 2 is 2.04 bits per heavy atom. The molecular weight excluding hydrogens is 342 g/mol. The molecule has 1 aliphatic heterocycles. The van der Waals surface area contributed by atoms with Crippen LogP contribution in [-0.4, -0.2) is 76.4 Å². The number of hydrogen-bond acceptors (Lipinski definition) is 6. The summed E-state index contributed by atoms with van der Waals surface area (Å²) in [5, 5.41) is 14.7. The summed E-state index contributed by atoms with van der Waals surface area (Å²) in [4.78, 5) is 6.63. The van der Waals surface area contributed by atoms with Crippen LogP contribution in [0.15, 0.2) is 12.3 Å². The third-order valence-electron chi connectivity index (χ3n) is 4.71. The Morgan fingerprint density at radius 1 is 1.32 bits per heavy atom. The van der Waals surface area contributed by atoms with Gasteiger partial charge in [0.2, 0.25) is 10.0 Å². The van der Waals surface area contributed by atoms with Gasteiger partial charge in [0.05, 0.1) is 18.1 Å². The average Bonchev–Trinajstić information content (AvgIpc) is 3.03. The number of rotatable bonds is 5. The number of nitrogens with zero attached hydrogens (tertiary/aromatic N) is 5. The normalized spacial score (nSPS) is 22.3. The maximum atomic E-state index is 12.1. The molecule has 0 spiro atoms. The van der Waals surface area contributed by atoms with Crippen molar-refractivity contribution >= 4 is 15.7 Å². The Kier molecular flexibility index (Phi) is 4.84. The molecule has 2 aromatic heterocycles. The van der Waals surface area contributed by atoms with Crippen molar-refractivity contribution in [2.75, 3.05) is 32.9 Å². The van der Waals surface area contributed by atoms with Crippen molar-refractivity contribution in [2.45, 2.75) is 26.5 Å². The van der Waals surface area contributed by atoms with Crippen LogP contribution in [0.5, 0.6) is 0 Å². The van der Waals surface area contributed by atoms with Crippen LogP contribution in [0.3, 0.4) is 0 Å². The van der Waals surface area contributed by atoms with Crippen LogP contribution in [-0.2, 0) is 16.6 Å². The molecule has 1 N–H and O–H groups in total. The summed E-state index contributed by atoms with van der Waals surface area (Å²) in [5.74, 6) is -0.325. The van der Waals surface area contributed by atoms with E-state index in [1.165, 1.54) is 18.4 Å². The second-order valence-electron chi connectivity index (χ2n) is 7.03. The lowest BCUT2D eigenvalue weighted by Gasteiger charge is -2.17. The highest BCUT2D eigenvalue weighted by Gasteiger charge is 2.35. The molecule has 2 unspecified atom stereocenters. The fourth-order valence-electron chi connectivity index (χ4n) is 3.32. The van der Waals surface area contributed by atoms with E-state index in [1.54, 1.807) is 6.20 Å². The van der Waals surface area contributed by atoms with Crippen molar-refractivity contribution < 1.29 is 13.5 Å². The van der Waals surface area contributed by atoms with Gasteiger partial charge in [-0.1, -0.05) is 0 Å². The van der Waals surface area contributed by atoms with E-state index in [9.17, 15) is 13.5 Å². The van der Waals surface area contributed by atoms with Crippen LogP contribution in [0.4, 0.5) is 0 Å². The minimum absolute atomic E-state index is 0.0388. The van der Waals surface area contributed by atoms with Gasteiger partial charge in [0.25, 0.3) is 0 Å². The minimum atomic E-state index is -3.33. The van der Waals surface area contributed by atoms with Crippen LogP contribution in [0.1, 0.15) is 17.0 Å². The molecule has 0 aromatic carbocycles. The first kappa shape index (κ1) is 18.2. The lowest BCUT2D eigenvalue weighted by atomic mass is 10.1. The molecule has 0 saturated carbocycles. The summed E-state index contributed by atoms with van der Waals surface area (Å²) in [5.41, 5.74) is 3.75. The first-order chi connectivity index (χ1) is 11.7. The largest absolute Gasteiger partial charge is 0.391 e. The molecule has 138 valence electrons. The third kappa shape index (κ3) is 3.69. The molecular formula is C16H25N5O3S. The molecule has 9 heteroatoms. The standard InChI is InChI=1S/C16H25N5O3S/c1-11-5-12(2)21-16(18-11)13(6-17-21)7-20-8-14(15(22)9-20)10-25(23,24)19(3)4/h5-6,14-15,22H,7-10H2,1-4H3. The fraction of sp³-hybridized carbons (Fsp3) is 0.625. The number of aliphatic hydroxyl groups is 1. The number of aromatic nitrogens is 3. The maximum Gasteiger partial charge on any atom is 0.214 e. The van der Waals surface area contributed by atoms with Gasteiger partial charge in [0, 0.05) is 56.6 Å². The topological polar surface area (TPSA) is 91.0 Å². The Morgan fingerprint density at radius 3 is 2.72 bits per heavy atom. The number of aryl methyl sites for hydroxylation is 2. The molecule has 2 aromatic rings. The molecule has 0 radical (unpaired) electrons. The Labute approximate surface area is 148 Å². The molecule has 3 rings (SSSR count). The van der Waals surface area contributed by atoms with Crippen molar-refractivity contribution in [1.82, 2.24) is 23.8 Å². The van der Waals surface area contributed by atoms with Gasteiger partial charge >= 0.3 is 0 Å². The van der Waals surface area contributed by atoms with E-state index in [0.29, 0.717) is 19.6 Å². The molecule has 1 fully saturated rings. The highest BCUT2D eigenvalue weighted by molar-refractivity contribution is 7.89. The van der Waals surface area contributed by atoms with E-state index >= 15 is 0 Å². The first-order valence-electron chi connectivity index (χ1n) is 8.29. The molecule has 0 bridgehead atoms. The van der Waals surface area contributed by atoms with Crippen LogP contribution in [0.2, 0.25) is 0 Å². The predicted octanol–water partition coefficient (Wildman–Crippen LogP) is 0.0302. The number of sulfonamides is 1. The van der Waals surface area contributed by atoms with Crippen molar-refractivity contribution in [1.29, 1.82) is 0 Å². The van der Waals surface area contributed by atoms with Gasteiger partial charge in [-0.25, -0.2) is 22.2 Å². The SMILES string of the molecule is Cc1cc(C)n2ncc(CN3CC(O)C(CS(=O)(=O)N(C)C)C3)c2n1. The van der Waals surface area contributed by atoms with E-state index in [-0.39, 0.29) is 11.7 Å². The maximum absolute atomic E-state index is 12.1. The first-order valence-corrected chi connectivity index (χ1v) is 9.90. The molecule has 8 nitrogen and oxygen atoms in total. The van der Waals surface area contributed by atoms with Crippen LogP contribution in [0.25, 0.3) is 5.65 Å². The van der Waals surface area contributed by atoms with Gasteiger partial charge in [0.1, 0.15) is 0 Å². The van der Waals surface area contributed by atoms with E-state index in [0.717, 1.165) is 22.6 Å². The summed E-state index contributed by atoms with van der Waals surface area (Å²) in [6.45, 7) is 5.52. The van der Waals surface area contributed by atoms with E-state index in [4.69, 9.17) is 0 Å². The van der Waals surface area contributed by atoms with Crippen molar-refractivity contribution in [2.24, 2.45) is 5.92 Å². The van der Waals surface area contributed by atoms with Gasteiger partial charge in [-0.3, -0.25) is 4.90 Å². The molecule has 25 heavy (non-hydrogen) atoms. The Balaban J connectivity index is 1.75. The van der Waals surface area contributed by atoms with Gasteiger partial charge in [0.15, 0.2) is 5.65 Å². The summed E-state index contributed by atoms with van der Waals surface area (Å²) in [7, 11) is -0.293. The second kappa shape index (κ2) is 6.64. The molecule has 0 aliphatic carbocycles. The summed E-state index contributed by atoms with van der Waals surface area (Å²) < 4.78 is 27.2. The number of fused-ring (bicyclic) bond motifs is 1. The smallest absolute Gasteiger partial charge is 0.214 e. The fourth-order valence-corrected chi connectivity index (χ4v) is 4.49. The second-order valence-corrected chi connectivity index (χ2v) is 9.25. The molecule has 3 heterocycles. The van der Waals surface area contributed by atoms with Gasteiger partial charge in [-0.05, 0) is 19.9 Å². The van der Waals surface area contributed by atoms with E-state index in [2.05, 4.69) is 15.0 Å². The van der Waals surface area contributed by atoms with Crippen molar-refractivity contribution in [3.8, 4) is 0 Å². The van der Waals surface area contributed by atoms with Crippen LogP contribution >= 0.6 is 0 Å². The number of aliphatic hydroxyl groups excluding tert-OH is 1. The lowest BCUT2D eigenvalue weighted by molar-refractivity contribution is 0.148. The Bertz CT molecular complexity index is 877. The van der Waals surface area contributed by atoms with Gasteiger partial charge < -0.3 is 5.11 Å². The van der Waals surface area contributed by atoms with Crippen LogP contribution in [0, 0.1) is 19.8 Å². The third-order valence-corrected chi connectivity index (χ3v) is 6.67. The van der Waals surface area contributed by atoms with Gasteiger partial charge in [-0.15, -0.1) is 0 Å². The molecule has 1 saturated heterocycles. The monoisotopic (exact) mass is 367 g/mol. The zero-order valence-electron chi connectivity index (χ0n) is 15.0. The molecule has 2 atom stereocenters. The summed E-state index contributed by atoms with van der Waals surface area (Å²) >= 11 is 0. The van der Waals surface area contributed by atoms with Gasteiger partial charge in [-0.2, -0.15) is 5.10 Å². The highest BCUT2D eigenvalue weighted by Crippen LogP contribution is 2.23. The average molecular weight is 367 g/mol. The lowest BCUT2D eigenvalue weighted by Crippen LogP contribution is -2.33. The predicted molar refractivity (Wildman–Crippen MR) is 94.7 cm³/mol. The number of hydrogen-bond donors (Lipinski definition) is 1. The zero-order valence-corrected chi connectivity index (χ0v) is 15.9. The summed E-state index contributed by atoms with van der Waals surface area (Å²) in [6.07, 6.45) is 1.15. The van der Waals surface area contributed by atoms with E-state index < -0.39 is 16.1 Å². The molecule has 1 aliphatic rings. The Hall–Kier alpha value is -1.55.